The number of fused-ring (bicyclic) bond motifs is 1. The first-order valence-corrected chi connectivity index (χ1v) is 13.8. The number of ether oxygens (including phenoxy) is 1. The van der Waals surface area contributed by atoms with Crippen molar-refractivity contribution in [3.63, 3.8) is 0 Å². The van der Waals surface area contributed by atoms with Gasteiger partial charge in [0.2, 0.25) is 0 Å². The summed E-state index contributed by atoms with van der Waals surface area (Å²) in [4.78, 5) is 26.5. The molecule has 0 unspecified atom stereocenters. The van der Waals surface area contributed by atoms with Gasteiger partial charge in [0.05, 0.1) is 29.7 Å². The van der Waals surface area contributed by atoms with Gasteiger partial charge in [0.1, 0.15) is 9.96 Å². The van der Waals surface area contributed by atoms with Gasteiger partial charge in [-0.05, 0) is 66.8 Å². The largest absolute Gasteiger partial charge is 0.497 e. The van der Waals surface area contributed by atoms with Gasteiger partial charge in [-0.25, -0.2) is 17.8 Å². The van der Waals surface area contributed by atoms with E-state index in [1.54, 1.807) is 47.5 Å². The Bertz CT molecular complexity index is 1530. The summed E-state index contributed by atoms with van der Waals surface area (Å²) >= 11 is 1.03. The molecule has 4 aromatic rings. The van der Waals surface area contributed by atoms with Crippen LogP contribution in [0.2, 0.25) is 0 Å². The van der Waals surface area contributed by atoms with Crippen molar-refractivity contribution in [1.82, 2.24) is 14.1 Å². The van der Waals surface area contributed by atoms with E-state index in [1.165, 1.54) is 18.6 Å². The van der Waals surface area contributed by atoms with Gasteiger partial charge in [0, 0.05) is 5.56 Å². The molecule has 35 heavy (non-hydrogen) atoms. The Balaban J connectivity index is 1.60. The summed E-state index contributed by atoms with van der Waals surface area (Å²) in [5.74, 6) is -0.0888. The first kappa shape index (κ1) is 23.4. The maximum absolute atomic E-state index is 13.7. The molecule has 0 bridgehead atoms. The number of benzene rings is 2. The molecule has 1 saturated carbocycles. The highest BCUT2D eigenvalue weighted by Gasteiger charge is 2.25. The zero-order valence-corrected chi connectivity index (χ0v) is 20.8. The number of nitrogens with zero attached hydrogens (tertiary/aromatic N) is 2. The van der Waals surface area contributed by atoms with Crippen molar-refractivity contribution in [3.05, 3.63) is 75.9 Å². The summed E-state index contributed by atoms with van der Waals surface area (Å²) in [6, 6.07) is 15.2. The molecule has 8 nitrogen and oxygen atoms in total. The minimum atomic E-state index is -3.98. The molecule has 0 saturated heterocycles. The first-order valence-electron chi connectivity index (χ1n) is 11.4. The number of amides is 1. The highest BCUT2D eigenvalue weighted by Crippen LogP contribution is 2.32. The number of methoxy groups -OCH3 is 1. The van der Waals surface area contributed by atoms with E-state index in [4.69, 9.17) is 4.74 Å². The van der Waals surface area contributed by atoms with E-state index in [9.17, 15) is 18.0 Å². The van der Waals surface area contributed by atoms with Crippen LogP contribution in [-0.2, 0) is 10.0 Å². The van der Waals surface area contributed by atoms with Crippen LogP contribution in [0.4, 0.5) is 0 Å². The zero-order chi connectivity index (χ0) is 24.6. The van der Waals surface area contributed by atoms with Crippen LogP contribution in [0.5, 0.6) is 5.75 Å². The van der Waals surface area contributed by atoms with Crippen LogP contribution in [0.15, 0.2) is 69.0 Å². The maximum atomic E-state index is 13.7. The predicted octanol–water partition coefficient (Wildman–Crippen LogP) is 4.49. The van der Waals surface area contributed by atoms with Crippen molar-refractivity contribution in [2.75, 3.05) is 7.11 Å². The van der Waals surface area contributed by atoms with Gasteiger partial charge in [-0.3, -0.25) is 14.3 Å². The van der Waals surface area contributed by atoms with Crippen LogP contribution < -0.4 is 15.0 Å². The normalized spacial score (nSPS) is 14.8. The number of thiophene rings is 1. The van der Waals surface area contributed by atoms with Gasteiger partial charge in [-0.1, -0.05) is 25.3 Å². The molecule has 0 atom stereocenters. The highest BCUT2D eigenvalue weighted by atomic mass is 32.2. The van der Waals surface area contributed by atoms with Crippen LogP contribution >= 0.6 is 11.3 Å². The number of aromatic nitrogens is 2. The van der Waals surface area contributed by atoms with E-state index in [0.717, 1.165) is 42.5 Å². The number of hydrogen-bond acceptors (Lipinski definition) is 6. The van der Waals surface area contributed by atoms with Crippen LogP contribution in [0.3, 0.4) is 0 Å². The van der Waals surface area contributed by atoms with Gasteiger partial charge >= 0.3 is 0 Å². The summed E-state index contributed by atoms with van der Waals surface area (Å²) in [6.07, 6.45) is 5.26. The summed E-state index contributed by atoms with van der Waals surface area (Å²) in [7, 11) is -2.39. The van der Waals surface area contributed by atoms with Gasteiger partial charge in [0.15, 0.2) is 0 Å². The van der Waals surface area contributed by atoms with Crippen molar-refractivity contribution in [3.8, 4) is 11.4 Å². The lowest BCUT2D eigenvalue weighted by molar-refractivity contribution is 0.0981. The second-order valence-corrected chi connectivity index (χ2v) is 11.4. The summed E-state index contributed by atoms with van der Waals surface area (Å²) < 4.78 is 36.1. The number of rotatable bonds is 6. The molecule has 2 aromatic heterocycles. The van der Waals surface area contributed by atoms with E-state index in [1.807, 2.05) is 16.8 Å². The Morgan fingerprint density at radius 3 is 2.46 bits per heavy atom. The standard InChI is InChI=1S/C25H25N3O5S2/c1-33-20-12-10-19(11-13-20)28-25(30)21-16-17(24(29)26-35(31,32)23-8-5-15-34-23)9-14-22(21)27(28)18-6-3-2-4-7-18/h5,8-16,18H,2-4,6-7H2,1H3,(H,26,29). The minimum Gasteiger partial charge on any atom is -0.497 e. The molecular weight excluding hydrogens is 486 g/mol. The molecule has 0 aliphatic heterocycles. The number of carbonyl (C=O) groups is 1. The van der Waals surface area contributed by atoms with E-state index < -0.39 is 15.9 Å². The highest BCUT2D eigenvalue weighted by molar-refractivity contribution is 7.92. The third-order valence-corrected chi connectivity index (χ3v) is 9.10. The topological polar surface area (TPSA) is 99.4 Å². The molecule has 1 fully saturated rings. The van der Waals surface area contributed by atoms with Crippen LogP contribution in [0, 0.1) is 0 Å². The molecule has 5 rings (SSSR count). The molecule has 0 spiro atoms. The van der Waals surface area contributed by atoms with Gasteiger partial charge in [-0.2, -0.15) is 0 Å². The molecule has 1 amide bonds. The average Bonchev–Trinajstić information content (AvgIpc) is 3.52. The van der Waals surface area contributed by atoms with Crippen LogP contribution in [0.1, 0.15) is 48.5 Å². The lowest BCUT2D eigenvalue weighted by atomic mass is 9.95. The van der Waals surface area contributed by atoms with Crippen molar-refractivity contribution in [2.24, 2.45) is 0 Å². The Labute approximate surface area is 206 Å². The summed E-state index contributed by atoms with van der Waals surface area (Å²) in [5.41, 5.74) is 1.27. The van der Waals surface area contributed by atoms with E-state index in [2.05, 4.69) is 4.72 Å². The molecule has 0 radical (unpaired) electrons. The third kappa shape index (κ3) is 4.39. The van der Waals surface area contributed by atoms with Gasteiger partial charge < -0.3 is 4.74 Å². The predicted molar refractivity (Wildman–Crippen MR) is 135 cm³/mol. The zero-order valence-electron chi connectivity index (χ0n) is 19.1. The second kappa shape index (κ2) is 9.35. The van der Waals surface area contributed by atoms with Gasteiger partial charge in [-0.15, -0.1) is 11.3 Å². The molecule has 1 N–H and O–H groups in total. The number of hydrogen-bond donors (Lipinski definition) is 1. The lowest BCUT2D eigenvalue weighted by Crippen LogP contribution is -2.30. The van der Waals surface area contributed by atoms with E-state index >= 15 is 0 Å². The molecule has 1 aliphatic carbocycles. The molecule has 10 heteroatoms. The quantitative estimate of drug-likeness (QED) is 0.411. The fraction of sp³-hybridized carbons (Fsp3) is 0.280. The third-order valence-electron chi connectivity index (χ3n) is 6.37. The molecular formula is C25H25N3O5S2. The molecule has 2 aromatic carbocycles. The smallest absolute Gasteiger partial charge is 0.279 e. The minimum absolute atomic E-state index is 0.0530. The van der Waals surface area contributed by atoms with E-state index in [0.29, 0.717) is 16.8 Å². The lowest BCUT2D eigenvalue weighted by Gasteiger charge is -2.26. The second-order valence-electron chi connectivity index (χ2n) is 8.55. The van der Waals surface area contributed by atoms with Crippen LogP contribution in [0.25, 0.3) is 16.6 Å². The summed E-state index contributed by atoms with van der Waals surface area (Å²) in [6.45, 7) is 0. The molecule has 2 heterocycles. The Morgan fingerprint density at radius 1 is 1.06 bits per heavy atom. The van der Waals surface area contributed by atoms with E-state index in [-0.39, 0.29) is 21.4 Å². The van der Waals surface area contributed by atoms with Crippen LogP contribution in [-0.4, -0.2) is 30.8 Å². The number of nitrogens with one attached hydrogen (secondary N) is 1. The Hall–Kier alpha value is -3.37. The summed E-state index contributed by atoms with van der Waals surface area (Å²) in [5, 5.41) is 1.99. The number of sulfonamides is 1. The fourth-order valence-electron chi connectivity index (χ4n) is 4.67. The van der Waals surface area contributed by atoms with Gasteiger partial charge in [0.25, 0.3) is 21.5 Å². The van der Waals surface area contributed by atoms with Crippen molar-refractivity contribution in [2.45, 2.75) is 42.4 Å². The number of carbonyl (C=O) groups excluding carboxylic acids is 1. The van der Waals surface area contributed by atoms with Crippen molar-refractivity contribution >= 4 is 38.2 Å². The van der Waals surface area contributed by atoms with Crippen molar-refractivity contribution < 1.29 is 17.9 Å². The molecule has 182 valence electrons. The SMILES string of the molecule is COc1ccc(-n2c(=O)c3cc(C(=O)NS(=O)(=O)c4cccs4)ccc3n2C2CCCCC2)cc1. The Kier molecular flexibility index (Phi) is 6.24. The molecule has 1 aliphatic rings. The fourth-order valence-corrected chi connectivity index (χ4v) is 6.63. The average molecular weight is 512 g/mol. The van der Waals surface area contributed by atoms with Crippen molar-refractivity contribution in [1.29, 1.82) is 0 Å². The Morgan fingerprint density at radius 2 is 1.80 bits per heavy atom. The first-order chi connectivity index (χ1) is 16.9. The maximum Gasteiger partial charge on any atom is 0.279 e. The monoisotopic (exact) mass is 511 g/mol.